The second-order valence-electron chi connectivity index (χ2n) is 4.17. The normalized spacial score (nSPS) is 11.0. The first kappa shape index (κ1) is 15.2. The first-order valence-electron chi connectivity index (χ1n) is 5.85. The van der Waals surface area contributed by atoms with Crippen LogP contribution in [0.25, 0.3) is 0 Å². The van der Waals surface area contributed by atoms with Crippen molar-refractivity contribution in [2.75, 3.05) is 10.6 Å². The number of carbonyl (C=O) groups excluding carboxylic acids is 1. The van der Waals surface area contributed by atoms with E-state index < -0.39 is 17.8 Å². The summed E-state index contributed by atoms with van der Waals surface area (Å²) in [6.07, 6.45) is -4.46. The van der Waals surface area contributed by atoms with E-state index in [0.717, 1.165) is 12.1 Å². The zero-order valence-electron chi connectivity index (χ0n) is 10.5. The van der Waals surface area contributed by atoms with Gasteiger partial charge in [0.2, 0.25) is 0 Å². The molecule has 2 aromatic rings. The summed E-state index contributed by atoms with van der Waals surface area (Å²) in [4.78, 5) is 11.7. The molecule has 0 aliphatic heterocycles. The molecule has 0 radical (unpaired) electrons. The van der Waals surface area contributed by atoms with Crippen LogP contribution in [0.5, 0.6) is 0 Å². The third-order valence-electron chi connectivity index (χ3n) is 2.53. The Bertz CT molecular complexity index is 659. The predicted molar refractivity (Wildman–Crippen MR) is 75.5 cm³/mol. The van der Waals surface area contributed by atoms with Gasteiger partial charge < -0.3 is 10.6 Å². The summed E-state index contributed by atoms with van der Waals surface area (Å²) < 4.78 is 37.7. The lowest BCUT2D eigenvalue weighted by Crippen LogP contribution is -2.19. The maximum Gasteiger partial charge on any atom is 0.416 e. The molecule has 0 spiro atoms. The maximum atomic E-state index is 12.6. The van der Waals surface area contributed by atoms with Crippen molar-refractivity contribution in [2.45, 2.75) is 6.18 Å². The molecule has 21 heavy (non-hydrogen) atoms. The molecule has 2 rings (SSSR count). The highest BCUT2D eigenvalue weighted by Crippen LogP contribution is 2.30. The van der Waals surface area contributed by atoms with E-state index in [0.29, 0.717) is 10.7 Å². The molecular formula is C14H10ClF3N2O. The minimum absolute atomic E-state index is 0.0457. The van der Waals surface area contributed by atoms with Crippen molar-refractivity contribution in [3.05, 3.63) is 59.1 Å². The number of hydrogen-bond acceptors (Lipinski definition) is 1. The molecule has 2 aromatic carbocycles. The van der Waals surface area contributed by atoms with E-state index in [2.05, 4.69) is 10.6 Å². The molecule has 0 saturated carbocycles. The average Bonchev–Trinajstić information content (AvgIpc) is 2.37. The van der Waals surface area contributed by atoms with Crippen LogP contribution in [0.15, 0.2) is 48.5 Å². The monoisotopic (exact) mass is 314 g/mol. The Labute approximate surface area is 123 Å². The Hall–Kier alpha value is -2.21. The smallest absolute Gasteiger partial charge is 0.308 e. The number of urea groups is 1. The zero-order valence-corrected chi connectivity index (χ0v) is 11.3. The van der Waals surface area contributed by atoms with E-state index in [4.69, 9.17) is 11.6 Å². The van der Waals surface area contributed by atoms with Crippen molar-refractivity contribution in [1.82, 2.24) is 0 Å². The molecule has 0 aromatic heterocycles. The molecule has 0 aliphatic carbocycles. The molecule has 2 amide bonds. The number of carbonyl (C=O) groups is 1. The minimum Gasteiger partial charge on any atom is -0.308 e. The van der Waals surface area contributed by atoms with Crippen LogP contribution in [0.4, 0.5) is 29.3 Å². The summed E-state index contributed by atoms with van der Waals surface area (Å²) in [5, 5.41) is 5.24. The molecule has 0 heterocycles. The second kappa shape index (κ2) is 6.05. The van der Waals surface area contributed by atoms with Crippen LogP contribution in [-0.4, -0.2) is 6.03 Å². The summed E-state index contributed by atoms with van der Waals surface area (Å²) in [5.41, 5.74) is -0.348. The van der Waals surface area contributed by atoms with E-state index in [1.807, 2.05) is 0 Å². The van der Waals surface area contributed by atoms with Crippen molar-refractivity contribution in [3.8, 4) is 0 Å². The van der Waals surface area contributed by atoms with Gasteiger partial charge in [0.15, 0.2) is 0 Å². The Kier molecular flexibility index (Phi) is 4.37. The van der Waals surface area contributed by atoms with Crippen molar-refractivity contribution >= 4 is 29.0 Å². The van der Waals surface area contributed by atoms with Gasteiger partial charge >= 0.3 is 12.2 Å². The average molecular weight is 315 g/mol. The largest absolute Gasteiger partial charge is 0.416 e. The highest BCUT2D eigenvalue weighted by atomic mass is 35.5. The van der Waals surface area contributed by atoms with Gasteiger partial charge in [-0.05, 0) is 36.4 Å². The highest BCUT2D eigenvalue weighted by Gasteiger charge is 2.30. The van der Waals surface area contributed by atoms with Crippen LogP contribution >= 0.6 is 11.6 Å². The number of rotatable bonds is 2. The van der Waals surface area contributed by atoms with Crippen LogP contribution in [-0.2, 0) is 6.18 Å². The summed E-state index contributed by atoms with van der Waals surface area (Å²) >= 11 is 5.76. The number of alkyl halides is 3. The Morgan fingerprint density at radius 2 is 1.52 bits per heavy atom. The second-order valence-corrected chi connectivity index (χ2v) is 4.60. The van der Waals surface area contributed by atoms with Crippen LogP contribution in [0, 0.1) is 0 Å². The van der Waals surface area contributed by atoms with E-state index in [9.17, 15) is 18.0 Å². The summed E-state index contributed by atoms with van der Waals surface area (Å²) in [7, 11) is 0. The summed E-state index contributed by atoms with van der Waals surface area (Å²) in [5.74, 6) is 0. The van der Waals surface area contributed by atoms with Gasteiger partial charge in [0.25, 0.3) is 0 Å². The van der Waals surface area contributed by atoms with Gasteiger partial charge in [-0.3, -0.25) is 0 Å². The first-order chi connectivity index (χ1) is 9.84. The molecule has 3 nitrogen and oxygen atoms in total. The number of amides is 2. The Balaban J connectivity index is 2.06. The third-order valence-corrected chi connectivity index (χ3v) is 2.77. The summed E-state index contributed by atoms with van der Waals surface area (Å²) in [6, 6.07) is 10.1. The van der Waals surface area contributed by atoms with Crippen LogP contribution in [0.2, 0.25) is 5.02 Å². The third kappa shape index (κ3) is 4.39. The number of halogens is 4. The molecule has 0 unspecified atom stereocenters. The van der Waals surface area contributed by atoms with Gasteiger partial charge in [0, 0.05) is 16.4 Å². The number of benzene rings is 2. The van der Waals surface area contributed by atoms with Gasteiger partial charge in [-0.25, -0.2) is 4.79 Å². The van der Waals surface area contributed by atoms with Crippen molar-refractivity contribution in [2.24, 2.45) is 0 Å². The summed E-state index contributed by atoms with van der Waals surface area (Å²) in [6.45, 7) is 0. The molecule has 0 atom stereocenters. The highest BCUT2D eigenvalue weighted by molar-refractivity contribution is 6.30. The Morgan fingerprint density at radius 1 is 0.952 bits per heavy atom. The van der Waals surface area contributed by atoms with Crippen molar-refractivity contribution in [1.29, 1.82) is 0 Å². The molecule has 110 valence electrons. The lowest BCUT2D eigenvalue weighted by Gasteiger charge is -2.10. The van der Waals surface area contributed by atoms with Crippen molar-refractivity contribution in [3.63, 3.8) is 0 Å². The number of anilines is 2. The lowest BCUT2D eigenvalue weighted by atomic mass is 10.2. The number of hydrogen-bond donors (Lipinski definition) is 2. The quantitative estimate of drug-likeness (QED) is 0.804. The molecular weight excluding hydrogens is 305 g/mol. The molecule has 7 heteroatoms. The topological polar surface area (TPSA) is 41.1 Å². The molecule has 0 aliphatic rings. The van der Waals surface area contributed by atoms with Crippen molar-refractivity contribution < 1.29 is 18.0 Å². The SMILES string of the molecule is O=C(Nc1cccc(Cl)c1)Nc1cccc(C(F)(F)F)c1. The van der Waals surface area contributed by atoms with Crippen LogP contribution in [0.1, 0.15) is 5.56 Å². The molecule has 0 fully saturated rings. The van der Waals surface area contributed by atoms with Crippen LogP contribution in [0.3, 0.4) is 0 Å². The van der Waals surface area contributed by atoms with Gasteiger partial charge in [0.05, 0.1) is 5.56 Å². The first-order valence-corrected chi connectivity index (χ1v) is 6.23. The Morgan fingerprint density at radius 3 is 2.10 bits per heavy atom. The lowest BCUT2D eigenvalue weighted by molar-refractivity contribution is -0.137. The van der Waals surface area contributed by atoms with Gasteiger partial charge in [-0.1, -0.05) is 23.7 Å². The predicted octanol–water partition coefficient (Wildman–Crippen LogP) is 5.00. The van der Waals surface area contributed by atoms with E-state index in [-0.39, 0.29) is 5.69 Å². The zero-order chi connectivity index (χ0) is 15.5. The molecule has 2 N–H and O–H groups in total. The fourth-order valence-corrected chi connectivity index (χ4v) is 1.82. The van der Waals surface area contributed by atoms with Gasteiger partial charge in [0.1, 0.15) is 0 Å². The van der Waals surface area contributed by atoms with Gasteiger partial charge in [-0.15, -0.1) is 0 Å². The fourth-order valence-electron chi connectivity index (χ4n) is 1.63. The standard InChI is InChI=1S/C14H10ClF3N2O/c15-10-4-2-6-12(8-10)20-13(21)19-11-5-1-3-9(7-11)14(16,17)18/h1-8H,(H2,19,20,21). The fraction of sp³-hybridized carbons (Fsp3) is 0.0714. The van der Waals surface area contributed by atoms with E-state index >= 15 is 0 Å². The number of nitrogens with one attached hydrogen (secondary N) is 2. The van der Waals surface area contributed by atoms with Gasteiger partial charge in [-0.2, -0.15) is 13.2 Å². The minimum atomic E-state index is -4.46. The van der Waals surface area contributed by atoms with Crippen LogP contribution < -0.4 is 10.6 Å². The molecule has 0 saturated heterocycles. The van der Waals surface area contributed by atoms with E-state index in [1.165, 1.54) is 18.2 Å². The maximum absolute atomic E-state index is 12.6. The molecule has 0 bridgehead atoms. The van der Waals surface area contributed by atoms with E-state index in [1.54, 1.807) is 18.2 Å².